The van der Waals surface area contributed by atoms with Crippen molar-refractivity contribution in [1.29, 1.82) is 0 Å². The smallest absolute Gasteiger partial charge is 0.229 e. The van der Waals surface area contributed by atoms with Crippen molar-refractivity contribution < 1.29 is 9.59 Å². The first-order valence-electron chi connectivity index (χ1n) is 8.18. The van der Waals surface area contributed by atoms with Gasteiger partial charge < -0.3 is 10.2 Å². The molecule has 0 radical (unpaired) electrons. The van der Waals surface area contributed by atoms with E-state index >= 15 is 0 Å². The van der Waals surface area contributed by atoms with Crippen LogP contribution in [0.25, 0.3) is 0 Å². The SMILES string of the molecule is O=C(Nc1nccs1)C1CCN(C(=O)CCCn2cccn2)CC1. The zero-order valence-electron chi connectivity index (χ0n) is 13.4. The number of aryl methyl sites for hydroxylation is 1. The molecule has 1 fully saturated rings. The van der Waals surface area contributed by atoms with E-state index in [1.54, 1.807) is 12.4 Å². The first kappa shape index (κ1) is 16.6. The number of aromatic nitrogens is 3. The fourth-order valence-corrected chi connectivity index (χ4v) is 3.40. The van der Waals surface area contributed by atoms with Crippen molar-refractivity contribution in [2.24, 2.45) is 5.92 Å². The number of anilines is 1. The maximum absolute atomic E-state index is 12.2. The van der Waals surface area contributed by atoms with Crippen molar-refractivity contribution in [1.82, 2.24) is 19.7 Å². The standard InChI is InChI=1S/C16H21N5O2S/c22-14(3-1-8-21-9-2-6-18-21)20-10-4-13(5-11-20)15(23)19-16-17-7-12-24-16/h2,6-7,9,12-13H,1,3-5,8,10-11H2,(H,17,19,23). The molecule has 3 rings (SSSR count). The van der Waals surface area contributed by atoms with Crippen molar-refractivity contribution in [3.05, 3.63) is 30.0 Å². The van der Waals surface area contributed by atoms with Gasteiger partial charge in [0.25, 0.3) is 0 Å². The molecule has 0 unspecified atom stereocenters. The lowest BCUT2D eigenvalue weighted by Crippen LogP contribution is -2.41. The average Bonchev–Trinajstić information content (AvgIpc) is 3.29. The first-order chi connectivity index (χ1) is 11.7. The molecule has 7 nitrogen and oxygen atoms in total. The third kappa shape index (κ3) is 4.41. The highest BCUT2D eigenvalue weighted by atomic mass is 32.1. The van der Waals surface area contributed by atoms with Crippen LogP contribution < -0.4 is 5.32 Å². The van der Waals surface area contributed by atoms with Crippen LogP contribution in [0.5, 0.6) is 0 Å². The minimum Gasteiger partial charge on any atom is -0.343 e. The predicted octanol–water partition coefficient (Wildman–Crippen LogP) is 2.00. The van der Waals surface area contributed by atoms with Crippen molar-refractivity contribution >= 4 is 28.3 Å². The maximum Gasteiger partial charge on any atom is 0.229 e. The summed E-state index contributed by atoms with van der Waals surface area (Å²) in [5.74, 6) is 0.138. The highest BCUT2D eigenvalue weighted by Gasteiger charge is 2.27. The Bertz CT molecular complexity index is 648. The zero-order valence-corrected chi connectivity index (χ0v) is 14.2. The number of nitrogens with one attached hydrogen (secondary N) is 1. The fraction of sp³-hybridized carbons (Fsp3) is 0.500. The molecule has 8 heteroatoms. The van der Waals surface area contributed by atoms with Crippen molar-refractivity contribution in [2.45, 2.75) is 32.2 Å². The normalized spacial score (nSPS) is 15.4. The van der Waals surface area contributed by atoms with Crippen LogP contribution in [0.2, 0.25) is 0 Å². The minimum atomic E-state index is -0.0398. The van der Waals surface area contributed by atoms with Crippen LogP contribution >= 0.6 is 11.3 Å². The zero-order chi connectivity index (χ0) is 16.8. The lowest BCUT2D eigenvalue weighted by atomic mass is 9.95. The Labute approximate surface area is 144 Å². The average molecular weight is 347 g/mol. The molecule has 0 spiro atoms. The molecular weight excluding hydrogens is 326 g/mol. The van der Waals surface area contributed by atoms with Crippen LogP contribution in [0.1, 0.15) is 25.7 Å². The Kier molecular flexibility index (Phi) is 5.58. The number of rotatable bonds is 6. The van der Waals surface area contributed by atoms with Gasteiger partial charge >= 0.3 is 0 Å². The minimum absolute atomic E-state index is 0.00994. The predicted molar refractivity (Wildman–Crippen MR) is 91.5 cm³/mol. The molecule has 0 aliphatic carbocycles. The van der Waals surface area contributed by atoms with E-state index in [9.17, 15) is 9.59 Å². The quantitative estimate of drug-likeness (QED) is 0.867. The number of thiazole rings is 1. The molecule has 2 aromatic heterocycles. The summed E-state index contributed by atoms with van der Waals surface area (Å²) in [6, 6.07) is 1.88. The third-order valence-electron chi connectivity index (χ3n) is 4.22. The van der Waals surface area contributed by atoms with Crippen LogP contribution in [0, 0.1) is 5.92 Å². The summed E-state index contributed by atoms with van der Waals surface area (Å²) in [6.45, 7) is 2.05. The Hall–Kier alpha value is -2.22. The number of carbonyl (C=O) groups is 2. The summed E-state index contributed by atoms with van der Waals surface area (Å²) in [4.78, 5) is 30.4. The van der Waals surface area contributed by atoms with Gasteiger partial charge in [-0.25, -0.2) is 4.98 Å². The molecule has 0 saturated carbocycles. The van der Waals surface area contributed by atoms with E-state index in [1.807, 2.05) is 27.2 Å². The van der Waals surface area contributed by atoms with Gasteiger partial charge in [-0.2, -0.15) is 5.10 Å². The molecule has 2 aromatic rings. The van der Waals surface area contributed by atoms with E-state index < -0.39 is 0 Å². The van der Waals surface area contributed by atoms with Gasteiger partial charge in [0.15, 0.2) is 5.13 Å². The van der Waals surface area contributed by atoms with E-state index in [4.69, 9.17) is 0 Å². The summed E-state index contributed by atoms with van der Waals surface area (Å²) in [5, 5.41) is 9.44. The van der Waals surface area contributed by atoms with Crippen molar-refractivity contribution in [2.75, 3.05) is 18.4 Å². The van der Waals surface area contributed by atoms with E-state index in [0.29, 0.717) is 37.5 Å². The number of hydrogen-bond acceptors (Lipinski definition) is 5. The number of hydrogen-bond donors (Lipinski definition) is 1. The number of piperidine rings is 1. The largest absolute Gasteiger partial charge is 0.343 e. The highest BCUT2D eigenvalue weighted by molar-refractivity contribution is 7.13. The molecule has 1 aliphatic rings. The van der Waals surface area contributed by atoms with E-state index in [-0.39, 0.29) is 17.7 Å². The van der Waals surface area contributed by atoms with Gasteiger partial charge in [-0.05, 0) is 25.3 Å². The number of nitrogens with zero attached hydrogens (tertiary/aromatic N) is 4. The van der Waals surface area contributed by atoms with Gasteiger partial charge in [0.1, 0.15) is 0 Å². The Morgan fingerprint density at radius 1 is 1.29 bits per heavy atom. The third-order valence-corrected chi connectivity index (χ3v) is 4.91. The molecule has 0 atom stereocenters. The van der Waals surface area contributed by atoms with Crippen molar-refractivity contribution in [3.63, 3.8) is 0 Å². The number of carbonyl (C=O) groups excluding carboxylic acids is 2. The molecule has 1 N–H and O–H groups in total. The van der Waals surface area contributed by atoms with Gasteiger partial charge in [-0.3, -0.25) is 14.3 Å². The first-order valence-corrected chi connectivity index (χ1v) is 9.06. The van der Waals surface area contributed by atoms with E-state index in [0.717, 1.165) is 13.0 Å². The Balaban J connectivity index is 1.38. The van der Waals surface area contributed by atoms with Gasteiger partial charge in [-0.15, -0.1) is 11.3 Å². The summed E-state index contributed by atoms with van der Waals surface area (Å²) in [7, 11) is 0. The van der Waals surface area contributed by atoms with Gasteiger partial charge in [-0.1, -0.05) is 0 Å². The van der Waals surface area contributed by atoms with Crippen LogP contribution in [0.4, 0.5) is 5.13 Å². The van der Waals surface area contributed by atoms with Crippen LogP contribution in [-0.2, 0) is 16.1 Å². The van der Waals surface area contributed by atoms with Crippen LogP contribution in [0.3, 0.4) is 0 Å². The van der Waals surface area contributed by atoms with Gasteiger partial charge in [0, 0.05) is 55.9 Å². The lowest BCUT2D eigenvalue weighted by molar-refractivity contribution is -0.134. The molecule has 2 amide bonds. The second-order valence-electron chi connectivity index (χ2n) is 5.85. The monoisotopic (exact) mass is 347 g/mol. The molecule has 0 aromatic carbocycles. The van der Waals surface area contributed by atoms with Gasteiger partial charge in [0.2, 0.25) is 11.8 Å². The lowest BCUT2D eigenvalue weighted by Gasteiger charge is -2.31. The Morgan fingerprint density at radius 2 is 2.12 bits per heavy atom. The molecule has 128 valence electrons. The highest BCUT2D eigenvalue weighted by Crippen LogP contribution is 2.21. The fourth-order valence-electron chi connectivity index (χ4n) is 2.87. The summed E-state index contributed by atoms with van der Waals surface area (Å²) in [5.41, 5.74) is 0. The van der Waals surface area contributed by atoms with E-state index in [1.165, 1.54) is 11.3 Å². The summed E-state index contributed by atoms with van der Waals surface area (Å²) < 4.78 is 1.84. The second kappa shape index (κ2) is 8.05. The van der Waals surface area contributed by atoms with Crippen LogP contribution in [-0.4, -0.2) is 44.6 Å². The van der Waals surface area contributed by atoms with E-state index in [2.05, 4.69) is 15.4 Å². The second-order valence-corrected chi connectivity index (χ2v) is 6.75. The molecular formula is C16H21N5O2S. The summed E-state index contributed by atoms with van der Waals surface area (Å²) in [6.07, 6.45) is 8.04. The topological polar surface area (TPSA) is 80.1 Å². The molecule has 1 aliphatic heterocycles. The number of likely N-dealkylation sites (tertiary alicyclic amines) is 1. The Morgan fingerprint density at radius 3 is 2.79 bits per heavy atom. The molecule has 24 heavy (non-hydrogen) atoms. The molecule has 0 bridgehead atoms. The molecule has 3 heterocycles. The van der Waals surface area contributed by atoms with Gasteiger partial charge in [0.05, 0.1) is 0 Å². The maximum atomic E-state index is 12.2. The van der Waals surface area contributed by atoms with Crippen molar-refractivity contribution in [3.8, 4) is 0 Å². The van der Waals surface area contributed by atoms with Crippen LogP contribution in [0.15, 0.2) is 30.0 Å². The molecule has 1 saturated heterocycles. The summed E-state index contributed by atoms with van der Waals surface area (Å²) >= 11 is 1.41. The number of amides is 2.